The maximum Gasteiger partial charge on any atom is 0.128 e. The first-order valence-corrected chi connectivity index (χ1v) is 7.07. The lowest BCUT2D eigenvalue weighted by Crippen LogP contribution is -2.06. The van der Waals surface area contributed by atoms with E-state index in [-0.39, 0.29) is 18.0 Å². The fraction of sp³-hybridized carbons (Fsp3) is 0.188. The average Bonchev–Trinajstić information content (AvgIpc) is 2.80. The summed E-state index contributed by atoms with van der Waals surface area (Å²) >= 11 is 5.93. The van der Waals surface area contributed by atoms with E-state index in [4.69, 9.17) is 11.6 Å². The third-order valence-electron chi connectivity index (χ3n) is 3.44. The highest BCUT2D eigenvalue weighted by molar-refractivity contribution is 6.16. The van der Waals surface area contributed by atoms with Crippen molar-refractivity contribution in [2.24, 2.45) is 0 Å². The van der Waals surface area contributed by atoms with E-state index in [9.17, 15) is 8.78 Å². The van der Waals surface area contributed by atoms with Gasteiger partial charge in [0, 0.05) is 5.56 Å². The van der Waals surface area contributed by atoms with Crippen molar-refractivity contribution in [1.82, 2.24) is 9.55 Å². The smallest absolute Gasteiger partial charge is 0.128 e. The van der Waals surface area contributed by atoms with Gasteiger partial charge in [-0.25, -0.2) is 13.8 Å². The Morgan fingerprint density at radius 1 is 1.14 bits per heavy atom. The van der Waals surface area contributed by atoms with Crippen LogP contribution in [0.25, 0.3) is 11.0 Å². The molecule has 1 aromatic heterocycles. The number of aryl methyl sites for hydroxylation is 1. The van der Waals surface area contributed by atoms with Gasteiger partial charge in [-0.3, -0.25) is 0 Å². The van der Waals surface area contributed by atoms with Crippen LogP contribution >= 0.6 is 11.6 Å². The Morgan fingerprint density at radius 2 is 1.95 bits per heavy atom. The molecule has 0 aliphatic rings. The Hall–Kier alpha value is -1.94. The molecule has 0 aliphatic heterocycles. The Balaban J connectivity index is 2.14. The number of hydrogen-bond acceptors (Lipinski definition) is 1. The van der Waals surface area contributed by atoms with Crippen molar-refractivity contribution in [1.29, 1.82) is 0 Å². The van der Waals surface area contributed by atoms with Crippen LogP contribution in [0.5, 0.6) is 0 Å². The molecule has 0 saturated carbocycles. The SMILES string of the molecule is Cc1ccc2nc(CCl)n(Cc3cc(F)ccc3F)c2c1. The summed E-state index contributed by atoms with van der Waals surface area (Å²) in [6, 6.07) is 9.27. The molecule has 0 unspecified atom stereocenters. The molecular formula is C16H13ClF2N2. The van der Waals surface area contributed by atoms with Gasteiger partial charge in [0.15, 0.2) is 0 Å². The number of halogens is 3. The van der Waals surface area contributed by atoms with E-state index >= 15 is 0 Å². The van der Waals surface area contributed by atoms with Crippen LogP contribution < -0.4 is 0 Å². The van der Waals surface area contributed by atoms with Crippen LogP contribution in [0.2, 0.25) is 0 Å². The summed E-state index contributed by atoms with van der Waals surface area (Å²) in [6.45, 7) is 2.17. The summed E-state index contributed by atoms with van der Waals surface area (Å²) in [6.07, 6.45) is 0. The molecule has 0 saturated heterocycles. The van der Waals surface area contributed by atoms with Gasteiger partial charge < -0.3 is 4.57 Å². The lowest BCUT2D eigenvalue weighted by molar-refractivity contribution is 0.577. The summed E-state index contributed by atoms with van der Waals surface area (Å²) < 4.78 is 29.0. The predicted molar refractivity (Wildman–Crippen MR) is 79.5 cm³/mol. The van der Waals surface area contributed by atoms with E-state index < -0.39 is 11.6 Å². The molecule has 0 amide bonds. The van der Waals surface area contributed by atoms with Gasteiger partial charge >= 0.3 is 0 Å². The normalized spacial score (nSPS) is 11.2. The molecule has 108 valence electrons. The number of hydrogen-bond donors (Lipinski definition) is 0. The molecule has 0 fully saturated rings. The summed E-state index contributed by atoms with van der Waals surface area (Å²) in [4.78, 5) is 4.44. The number of fused-ring (bicyclic) bond motifs is 1. The van der Waals surface area contributed by atoms with Crippen molar-refractivity contribution >= 4 is 22.6 Å². The number of rotatable bonds is 3. The van der Waals surface area contributed by atoms with E-state index in [0.29, 0.717) is 5.82 Å². The van der Waals surface area contributed by atoms with Gasteiger partial charge in [-0.05, 0) is 42.8 Å². The quantitative estimate of drug-likeness (QED) is 0.655. The van der Waals surface area contributed by atoms with Crippen LogP contribution in [-0.4, -0.2) is 9.55 Å². The van der Waals surface area contributed by atoms with Gasteiger partial charge in [-0.2, -0.15) is 0 Å². The second-order valence-corrected chi connectivity index (χ2v) is 5.24. The molecule has 3 aromatic rings. The van der Waals surface area contributed by atoms with Crippen LogP contribution in [0.3, 0.4) is 0 Å². The minimum atomic E-state index is -0.459. The van der Waals surface area contributed by atoms with Gasteiger partial charge in [0.05, 0.1) is 23.5 Å². The lowest BCUT2D eigenvalue weighted by atomic mass is 10.2. The fourth-order valence-corrected chi connectivity index (χ4v) is 2.60. The summed E-state index contributed by atoms with van der Waals surface area (Å²) in [5.41, 5.74) is 3.02. The zero-order valence-electron chi connectivity index (χ0n) is 11.4. The van der Waals surface area contributed by atoms with Crippen LogP contribution in [-0.2, 0) is 12.4 Å². The monoisotopic (exact) mass is 306 g/mol. The number of aromatic nitrogens is 2. The van der Waals surface area contributed by atoms with E-state index in [1.165, 1.54) is 6.07 Å². The molecule has 0 aliphatic carbocycles. The maximum absolute atomic E-state index is 13.8. The zero-order valence-corrected chi connectivity index (χ0v) is 12.2. The molecule has 3 rings (SSSR count). The molecule has 0 N–H and O–H groups in total. The fourth-order valence-electron chi connectivity index (χ4n) is 2.40. The third kappa shape index (κ3) is 2.63. The number of nitrogens with zero attached hydrogens (tertiary/aromatic N) is 2. The van der Waals surface area contributed by atoms with Crippen molar-refractivity contribution < 1.29 is 8.78 Å². The molecule has 5 heteroatoms. The number of imidazole rings is 1. The minimum Gasteiger partial charge on any atom is -0.322 e. The van der Waals surface area contributed by atoms with Gasteiger partial charge in [-0.1, -0.05) is 6.07 Å². The molecule has 2 aromatic carbocycles. The standard InChI is InChI=1S/C16H13ClF2N2/c1-10-2-5-14-15(6-10)21(16(8-17)20-14)9-11-7-12(18)3-4-13(11)19/h2-7H,8-9H2,1H3. The zero-order chi connectivity index (χ0) is 15.0. The van der Waals surface area contributed by atoms with Gasteiger partial charge in [0.25, 0.3) is 0 Å². The molecule has 0 bridgehead atoms. The van der Waals surface area contributed by atoms with Gasteiger partial charge in [0.2, 0.25) is 0 Å². The highest BCUT2D eigenvalue weighted by Crippen LogP contribution is 2.22. The highest BCUT2D eigenvalue weighted by Gasteiger charge is 2.13. The van der Waals surface area contributed by atoms with E-state index in [2.05, 4.69) is 4.98 Å². The van der Waals surface area contributed by atoms with Crippen molar-refractivity contribution in [3.05, 3.63) is 65.0 Å². The minimum absolute atomic E-state index is 0.200. The largest absolute Gasteiger partial charge is 0.322 e. The van der Waals surface area contributed by atoms with E-state index in [1.54, 1.807) is 0 Å². The van der Waals surface area contributed by atoms with Crippen LogP contribution in [0, 0.1) is 18.6 Å². The Morgan fingerprint density at radius 3 is 2.71 bits per heavy atom. The predicted octanol–water partition coefficient (Wildman–Crippen LogP) is 4.41. The maximum atomic E-state index is 13.8. The van der Waals surface area contributed by atoms with Crippen molar-refractivity contribution in [3.63, 3.8) is 0 Å². The Labute approximate surface area is 126 Å². The number of alkyl halides is 1. The molecule has 0 radical (unpaired) electrons. The lowest BCUT2D eigenvalue weighted by Gasteiger charge is -2.09. The molecule has 2 nitrogen and oxygen atoms in total. The highest BCUT2D eigenvalue weighted by atomic mass is 35.5. The van der Waals surface area contributed by atoms with Gasteiger partial charge in [-0.15, -0.1) is 11.6 Å². The third-order valence-corrected chi connectivity index (χ3v) is 3.68. The Kier molecular flexibility index (Phi) is 3.64. The van der Waals surface area contributed by atoms with E-state index in [1.807, 2.05) is 29.7 Å². The van der Waals surface area contributed by atoms with Crippen molar-refractivity contribution in [2.75, 3.05) is 0 Å². The van der Waals surface area contributed by atoms with Crippen molar-refractivity contribution in [3.8, 4) is 0 Å². The topological polar surface area (TPSA) is 17.8 Å². The second kappa shape index (κ2) is 5.45. The summed E-state index contributed by atoms with van der Waals surface area (Å²) in [5, 5.41) is 0. The molecule has 0 spiro atoms. The first kappa shape index (κ1) is 14.0. The van der Waals surface area contributed by atoms with Crippen LogP contribution in [0.15, 0.2) is 36.4 Å². The second-order valence-electron chi connectivity index (χ2n) is 4.98. The average molecular weight is 307 g/mol. The summed E-state index contributed by atoms with van der Waals surface area (Å²) in [5.74, 6) is -0.0447. The number of benzene rings is 2. The molecule has 0 atom stereocenters. The van der Waals surface area contributed by atoms with Crippen LogP contribution in [0.4, 0.5) is 8.78 Å². The Bertz CT molecular complexity index is 811. The van der Waals surface area contributed by atoms with E-state index in [0.717, 1.165) is 28.7 Å². The molecule has 21 heavy (non-hydrogen) atoms. The first-order valence-electron chi connectivity index (χ1n) is 6.54. The molecule has 1 heterocycles. The van der Waals surface area contributed by atoms with Crippen LogP contribution in [0.1, 0.15) is 17.0 Å². The molecular weight excluding hydrogens is 294 g/mol. The first-order chi connectivity index (χ1) is 10.1. The van der Waals surface area contributed by atoms with Gasteiger partial charge in [0.1, 0.15) is 17.5 Å². The van der Waals surface area contributed by atoms with Crippen molar-refractivity contribution in [2.45, 2.75) is 19.3 Å². The summed E-state index contributed by atoms with van der Waals surface area (Å²) in [7, 11) is 0.